The molecule has 10 heteroatoms. The van der Waals surface area contributed by atoms with E-state index >= 15 is 13.2 Å². The Kier molecular flexibility index (Phi) is 11.4. The molecule has 0 spiro atoms. The van der Waals surface area contributed by atoms with Crippen molar-refractivity contribution in [2.75, 3.05) is 6.61 Å². The van der Waals surface area contributed by atoms with Crippen LogP contribution >= 0.6 is 0 Å². The van der Waals surface area contributed by atoms with Crippen molar-refractivity contribution in [1.29, 1.82) is 0 Å². The van der Waals surface area contributed by atoms with E-state index in [1.807, 2.05) is 0 Å². The largest absolute Gasteiger partial charge is 0.463 e. The van der Waals surface area contributed by atoms with E-state index in [0.29, 0.717) is 29.1 Å². The molecular formula is C39H58F3NO5S. The molecule has 276 valence electrons. The van der Waals surface area contributed by atoms with Gasteiger partial charge in [-0.15, -0.1) is 0 Å². The number of ether oxygens (including phenoxy) is 2. The summed E-state index contributed by atoms with van der Waals surface area (Å²) in [7, 11) is -4.83. The van der Waals surface area contributed by atoms with Crippen molar-refractivity contribution in [2.45, 2.75) is 136 Å². The molecule has 3 fully saturated rings. The molecule has 5 rings (SSSR count). The maximum absolute atomic E-state index is 15.1. The van der Waals surface area contributed by atoms with Crippen LogP contribution < -0.4 is 4.72 Å². The first-order valence-corrected chi connectivity index (χ1v) is 20.1. The van der Waals surface area contributed by atoms with Crippen molar-refractivity contribution in [3.63, 3.8) is 0 Å². The number of esters is 1. The minimum absolute atomic E-state index is 0.0103. The number of carbonyl (C=O) groups excluding carboxylic acids is 1. The standard InChI is InChI=1S/C39H58F3NO5S/c1-8-47-36(44)38(39(40,41)42,43-49(45,46)30-15-12-25(4)13-16-30)48-29-22-27(6)35-28(23-29)14-17-31-32(35)20-21-37(7)33(18-19-34(31)37)26(5)11-9-10-24(2)3/h12-16,24,26-27,29,31-35,43H,8-11,17-23H2,1-7H3/t26-,27-,29+,31-,32+,33+,34-,35+,37-,38+/m1/s1. The van der Waals surface area contributed by atoms with Crippen molar-refractivity contribution in [3.8, 4) is 0 Å². The van der Waals surface area contributed by atoms with Gasteiger partial charge in [-0.3, -0.25) is 0 Å². The molecule has 10 atom stereocenters. The molecule has 0 aromatic heterocycles. The highest BCUT2D eigenvalue weighted by atomic mass is 32.2. The number of hydrogen-bond donors (Lipinski definition) is 1. The molecule has 0 radical (unpaired) electrons. The zero-order valence-electron chi connectivity index (χ0n) is 30.4. The predicted molar refractivity (Wildman–Crippen MR) is 185 cm³/mol. The Bertz CT molecular complexity index is 1460. The van der Waals surface area contributed by atoms with Gasteiger partial charge in [0.25, 0.3) is 0 Å². The highest BCUT2D eigenvalue weighted by Gasteiger charge is 2.67. The van der Waals surface area contributed by atoms with Gasteiger partial charge in [0.15, 0.2) is 0 Å². The lowest BCUT2D eigenvalue weighted by Gasteiger charge is -2.56. The summed E-state index contributed by atoms with van der Waals surface area (Å²) in [6, 6.07) is 5.37. The average Bonchev–Trinajstić information content (AvgIpc) is 3.37. The minimum atomic E-state index is -5.43. The molecule has 3 saturated carbocycles. The van der Waals surface area contributed by atoms with Crippen LogP contribution in [-0.4, -0.2) is 39.0 Å². The first kappa shape index (κ1) is 38.3. The smallest absolute Gasteiger partial charge is 0.443 e. The third-order valence-corrected chi connectivity index (χ3v) is 14.3. The van der Waals surface area contributed by atoms with Crippen LogP contribution in [0.25, 0.3) is 0 Å². The summed E-state index contributed by atoms with van der Waals surface area (Å²) in [5, 5.41) is 0. The SMILES string of the molecule is CCOC(=O)[C@](NS(=O)(=O)c1ccc(C)cc1)(O[C@@H]1CC2=CC[C@@H]3[C@H](CC[C@@]4(C)[C@@H]3CC[C@H]4[C@H](C)CCCC(C)C)[C@H]2[C@H](C)C1)C(F)(F)F. The number of allylic oxidation sites excluding steroid dienone is 1. The number of carbonyl (C=O) groups is 1. The van der Waals surface area contributed by atoms with E-state index in [4.69, 9.17) is 9.47 Å². The zero-order valence-corrected chi connectivity index (χ0v) is 31.3. The van der Waals surface area contributed by atoms with E-state index in [0.717, 1.165) is 35.8 Å². The molecule has 1 N–H and O–H groups in total. The van der Waals surface area contributed by atoms with Crippen molar-refractivity contribution < 1.29 is 35.9 Å². The normalized spacial score (nSPS) is 33.5. The summed E-state index contributed by atoms with van der Waals surface area (Å²) in [4.78, 5) is 12.8. The summed E-state index contributed by atoms with van der Waals surface area (Å²) in [6.07, 6.45) is 5.91. The fourth-order valence-electron chi connectivity index (χ4n) is 10.6. The molecule has 0 bridgehead atoms. The monoisotopic (exact) mass is 709 g/mol. The number of benzene rings is 1. The molecule has 1 aromatic carbocycles. The molecule has 0 amide bonds. The number of nitrogens with one attached hydrogen (secondary N) is 1. The van der Waals surface area contributed by atoms with Gasteiger partial charge in [-0.2, -0.15) is 17.9 Å². The second-order valence-electron chi connectivity index (χ2n) is 16.5. The van der Waals surface area contributed by atoms with Gasteiger partial charge < -0.3 is 9.47 Å². The molecule has 0 unspecified atom stereocenters. The van der Waals surface area contributed by atoms with E-state index < -0.39 is 38.9 Å². The molecule has 1 aromatic rings. The molecule has 0 heterocycles. The van der Waals surface area contributed by atoms with Gasteiger partial charge in [-0.1, -0.05) is 83.2 Å². The van der Waals surface area contributed by atoms with Gasteiger partial charge in [-0.05, 0) is 124 Å². The van der Waals surface area contributed by atoms with Crippen molar-refractivity contribution in [1.82, 2.24) is 4.72 Å². The number of halogens is 3. The first-order valence-electron chi connectivity index (χ1n) is 18.6. The number of sulfonamides is 1. The zero-order chi connectivity index (χ0) is 35.9. The lowest BCUT2D eigenvalue weighted by molar-refractivity contribution is -0.295. The van der Waals surface area contributed by atoms with Crippen LogP contribution in [-0.2, 0) is 24.3 Å². The summed E-state index contributed by atoms with van der Waals surface area (Å²) in [5.74, 6) is 2.32. The average molecular weight is 710 g/mol. The third-order valence-electron chi connectivity index (χ3n) is 12.9. The Morgan fingerprint density at radius 2 is 1.76 bits per heavy atom. The third kappa shape index (κ3) is 7.53. The van der Waals surface area contributed by atoms with Crippen LogP contribution in [0.15, 0.2) is 40.8 Å². The first-order chi connectivity index (χ1) is 22.9. The van der Waals surface area contributed by atoms with Crippen LogP contribution in [0.4, 0.5) is 13.2 Å². The van der Waals surface area contributed by atoms with Crippen molar-refractivity contribution in [3.05, 3.63) is 41.5 Å². The van der Waals surface area contributed by atoms with Gasteiger partial charge in [0.05, 0.1) is 17.6 Å². The van der Waals surface area contributed by atoms with Gasteiger partial charge in [0.1, 0.15) is 0 Å². The van der Waals surface area contributed by atoms with Gasteiger partial charge in [-0.25, -0.2) is 13.2 Å². The fraction of sp³-hybridized carbons (Fsp3) is 0.769. The Balaban J connectivity index is 1.37. The second-order valence-corrected chi connectivity index (χ2v) is 18.2. The Labute approximate surface area is 292 Å². The number of alkyl halides is 3. The van der Waals surface area contributed by atoms with E-state index in [-0.39, 0.29) is 31.3 Å². The van der Waals surface area contributed by atoms with Gasteiger partial charge in [0.2, 0.25) is 10.0 Å². The molecule has 0 aliphatic heterocycles. The number of rotatable bonds is 12. The van der Waals surface area contributed by atoms with E-state index in [9.17, 15) is 13.2 Å². The summed E-state index contributed by atoms with van der Waals surface area (Å²) < 4.78 is 84.1. The topological polar surface area (TPSA) is 81.7 Å². The predicted octanol–water partition coefficient (Wildman–Crippen LogP) is 9.38. The van der Waals surface area contributed by atoms with Gasteiger partial charge >= 0.3 is 17.9 Å². The maximum atomic E-state index is 15.1. The van der Waals surface area contributed by atoms with Crippen LogP contribution in [0.5, 0.6) is 0 Å². The Morgan fingerprint density at radius 3 is 2.39 bits per heavy atom. The van der Waals surface area contributed by atoms with Gasteiger partial charge in [0, 0.05) is 0 Å². The summed E-state index contributed by atoms with van der Waals surface area (Å²) in [6.45, 7) is 14.4. The quantitative estimate of drug-likeness (QED) is 0.133. The Morgan fingerprint density at radius 1 is 1.06 bits per heavy atom. The number of fused-ring (bicyclic) bond motifs is 5. The van der Waals surface area contributed by atoms with Crippen LogP contribution in [0.2, 0.25) is 0 Å². The lowest BCUT2D eigenvalue weighted by Crippen LogP contribution is -2.67. The summed E-state index contributed by atoms with van der Waals surface area (Å²) >= 11 is 0. The van der Waals surface area contributed by atoms with Crippen LogP contribution in [0, 0.1) is 59.7 Å². The molecular weight excluding hydrogens is 651 g/mol. The van der Waals surface area contributed by atoms with Crippen LogP contribution in [0.1, 0.15) is 111 Å². The van der Waals surface area contributed by atoms with E-state index in [2.05, 4.69) is 40.7 Å². The van der Waals surface area contributed by atoms with E-state index in [1.165, 1.54) is 69.7 Å². The molecule has 4 aliphatic carbocycles. The maximum Gasteiger partial charge on any atom is 0.443 e. The lowest BCUT2D eigenvalue weighted by atomic mass is 9.50. The van der Waals surface area contributed by atoms with Crippen LogP contribution in [0.3, 0.4) is 0 Å². The molecule has 49 heavy (non-hydrogen) atoms. The molecule has 6 nitrogen and oxygen atoms in total. The number of hydrogen-bond acceptors (Lipinski definition) is 5. The molecule has 0 saturated heterocycles. The number of aryl methyl sites for hydroxylation is 1. The fourth-order valence-corrected chi connectivity index (χ4v) is 11.9. The minimum Gasteiger partial charge on any atom is -0.463 e. The highest BCUT2D eigenvalue weighted by Crippen LogP contribution is 2.65. The highest BCUT2D eigenvalue weighted by molar-refractivity contribution is 7.89. The van der Waals surface area contributed by atoms with Crippen molar-refractivity contribution in [2.24, 2.45) is 52.8 Å². The second kappa shape index (κ2) is 14.6. The van der Waals surface area contributed by atoms with E-state index in [1.54, 1.807) is 11.6 Å². The van der Waals surface area contributed by atoms with Crippen molar-refractivity contribution >= 4 is 16.0 Å². The Hall–Kier alpha value is -1.91. The molecule has 4 aliphatic rings. The summed E-state index contributed by atoms with van der Waals surface area (Å²) in [5.41, 5.74) is -1.74.